The molecule has 1 rings (SSSR count). The molecule has 0 amide bonds. The molecule has 1 atom stereocenters. The molecule has 3 nitrogen and oxygen atoms in total. The molecule has 0 aliphatic heterocycles. The molecule has 17 heavy (non-hydrogen) atoms. The highest BCUT2D eigenvalue weighted by atomic mass is 35.5. The molecular weight excluding hydrogens is 240 g/mol. The van der Waals surface area contributed by atoms with E-state index in [9.17, 15) is 4.79 Å². The van der Waals surface area contributed by atoms with Crippen LogP contribution in [0, 0.1) is 11.8 Å². The van der Waals surface area contributed by atoms with Gasteiger partial charge < -0.3 is 9.84 Å². The lowest BCUT2D eigenvalue weighted by Gasteiger charge is -2.19. The summed E-state index contributed by atoms with van der Waals surface area (Å²) in [5.41, 5.74) is 0. The van der Waals surface area contributed by atoms with Crippen molar-refractivity contribution < 1.29 is 14.6 Å². The zero-order valence-corrected chi connectivity index (χ0v) is 10.8. The maximum absolute atomic E-state index is 10.7. The highest BCUT2D eigenvalue weighted by Crippen LogP contribution is 2.20. The fourth-order valence-corrected chi connectivity index (χ4v) is 1.57. The van der Waals surface area contributed by atoms with Gasteiger partial charge in [0, 0.05) is 10.9 Å². The monoisotopic (exact) mass is 256 g/mol. The second-order valence-electron chi connectivity index (χ2n) is 4.37. The largest absolute Gasteiger partial charge is 0.493 e. The first kappa shape index (κ1) is 13.8. The van der Waals surface area contributed by atoms with E-state index in [0.717, 1.165) is 0 Å². The molecule has 4 heteroatoms. The zero-order chi connectivity index (χ0) is 12.8. The molecule has 0 heterocycles. The van der Waals surface area contributed by atoms with Gasteiger partial charge >= 0.3 is 5.97 Å². The molecule has 0 aliphatic carbocycles. The average Bonchev–Trinajstić information content (AvgIpc) is 2.25. The first-order valence-corrected chi connectivity index (χ1v) is 5.97. The molecule has 1 aromatic carbocycles. The number of benzene rings is 1. The fraction of sp³-hybridized carbons (Fsp3) is 0.462. The van der Waals surface area contributed by atoms with E-state index in [1.165, 1.54) is 0 Å². The molecule has 1 unspecified atom stereocenters. The van der Waals surface area contributed by atoms with Crippen LogP contribution in [0.2, 0.25) is 5.02 Å². The van der Waals surface area contributed by atoms with Crippen molar-refractivity contribution >= 4 is 17.6 Å². The molecule has 0 spiro atoms. The molecule has 0 fully saturated rings. The van der Waals surface area contributed by atoms with Gasteiger partial charge in [0.1, 0.15) is 5.75 Å². The third-order valence-electron chi connectivity index (χ3n) is 2.66. The van der Waals surface area contributed by atoms with Gasteiger partial charge in [0.15, 0.2) is 0 Å². The van der Waals surface area contributed by atoms with Crippen LogP contribution < -0.4 is 4.74 Å². The van der Waals surface area contributed by atoms with Crippen molar-refractivity contribution in [1.29, 1.82) is 0 Å². The van der Waals surface area contributed by atoms with Crippen LogP contribution in [0.4, 0.5) is 0 Å². The van der Waals surface area contributed by atoms with E-state index in [1.807, 2.05) is 13.8 Å². The van der Waals surface area contributed by atoms with Crippen LogP contribution in [0.15, 0.2) is 24.3 Å². The Morgan fingerprint density at radius 1 is 1.35 bits per heavy atom. The lowest BCUT2D eigenvalue weighted by Crippen LogP contribution is -2.21. The Kier molecular flexibility index (Phi) is 5.29. The van der Waals surface area contributed by atoms with Crippen LogP contribution in [0.3, 0.4) is 0 Å². The predicted molar refractivity (Wildman–Crippen MR) is 67.5 cm³/mol. The zero-order valence-electron chi connectivity index (χ0n) is 10.0. The molecular formula is C13H17ClO3. The molecule has 0 aliphatic rings. The van der Waals surface area contributed by atoms with Gasteiger partial charge in [-0.25, -0.2) is 0 Å². The van der Waals surface area contributed by atoms with E-state index in [0.29, 0.717) is 17.4 Å². The number of hydrogen-bond donors (Lipinski definition) is 1. The maximum atomic E-state index is 10.7. The third-order valence-corrected chi connectivity index (χ3v) is 2.91. The van der Waals surface area contributed by atoms with Crippen molar-refractivity contribution in [3.63, 3.8) is 0 Å². The van der Waals surface area contributed by atoms with Crippen molar-refractivity contribution in [3.05, 3.63) is 29.3 Å². The van der Waals surface area contributed by atoms with E-state index in [4.69, 9.17) is 21.4 Å². The van der Waals surface area contributed by atoms with Gasteiger partial charge in [-0.3, -0.25) is 4.79 Å². The molecule has 1 N–H and O–H groups in total. The summed E-state index contributed by atoms with van der Waals surface area (Å²) in [5.74, 6) is 0.218. The number of carboxylic acids is 1. The number of hydrogen-bond acceptors (Lipinski definition) is 2. The number of rotatable bonds is 6. The summed E-state index contributed by atoms with van der Waals surface area (Å²) in [5, 5.41) is 9.45. The van der Waals surface area contributed by atoms with Gasteiger partial charge in [-0.1, -0.05) is 25.4 Å². The second kappa shape index (κ2) is 6.50. The molecule has 0 bridgehead atoms. The standard InChI is InChI=1S/C13H17ClO3/c1-9(2)10(7-13(15)16)8-17-12-5-3-11(14)4-6-12/h3-6,9-10H,7-8H2,1-2H3,(H,15,16). The Morgan fingerprint density at radius 2 is 1.94 bits per heavy atom. The highest BCUT2D eigenvalue weighted by molar-refractivity contribution is 6.30. The number of carboxylic acid groups (broad SMARTS) is 1. The van der Waals surface area contributed by atoms with E-state index < -0.39 is 5.97 Å². The Balaban J connectivity index is 2.51. The lowest BCUT2D eigenvalue weighted by atomic mass is 9.93. The minimum atomic E-state index is -0.789. The molecule has 1 aromatic rings. The normalized spacial score (nSPS) is 12.5. The van der Waals surface area contributed by atoms with Crippen LogP contribution in [0.25, 0.3) is 0 Å². The van der Waals surface area contributed by atoms with Crippen molar-refractivity contribution in [2.75, 3.05) is 6.61 Å². The first-order valence-electron chi connectivity index (χ1n) is 5.59. The van der Waals surface area contributed by atoms with E-state index in [-0.39, 0.29) is 18.3 Å². The highest BCUT2D eigenvalue weighted by Gasteiger charge is 2.17. The van der Waals surface area contributed by atoms with E-state index in [1.54, 1.807) is 24.3 Å². The van der Waals surface area contributed by atoms with Crippen LogP contribution in [-0.4, -0.2) is 17.7 Å². The Bertz CT molecular complexity index is 359. The summed E-state index contributed by atoms with van der Waals surface area (Å²) in [6, 6.07) is 7.05. The van der Waals surface area contributed by atoms with Crippen LogP contribution in [-0.2, 0) is 4.79 Å². The average molecular weight is 257 g/mol. The van der Waals surface area contributed by atoms with Crippen molar-refractivity contribution in [1.82, 2.24) is 0 Å². The predicted octanol–water partition coefficient (Wildman–Crippen LogP) is 3.47. The summed E-state index contributed by atoms with van der Waals surface area (Å²) in [6.45, 7) is 4.41. The molecule has 0 aromatic heterocycles. The Morgan fingerprint density at radius 3 is 2.41 bits per heavy atom. The van der Waals surface area contributed by atoms with Gasteiger partial charge in [-0.2, -0.15) is 0 Å². The van der Waals surface area contributed by atoms with E-state index in [2.05, 4.69) is 0 Å². The number of carbonyl (C=O) groups is 1. The minimum absolute atomic E-state index is 0.0168. The topological polar surface area (TPSA) is 46.5 Å². The van der Waals surface area contributed by atoms with Gasteiger partial charge in [0.05, 0.1) is 13.0 Å². The number of aliphatic carboxylic acids is 1. The molecule has 0 radical (unpaired) electrons. The molecule has 0 saturated heterocycles. The van der Waals surface area contributed by atoms with Gasteiger partial charge in [0.2, 0.25) is 0 Å². The minimum Gasteiger partial charge on any atom is -0.493 e. The van der Waals surface area contributed by atoms with Crippen molar-refractivity contribution in [2.45, 2.75) is 20.3 Å². The second-order valence-corrected chi connectivity index (χ2v) is 4.80. The first-order chi connectivity index (χ1) is 7.99. The summed E-state index contributed by atoms with van der Waals surface area (Å²) in [7, 11) is 0. The van der Waals surface area contributed by atoms with E-state index >= 15 is 0 Å². The fourth-order valence-electron chi connectivity index (χ4n) is 1.45. The smallest absolute Gasteiger partial charge is 0.303 e. The summed E-state index contributed by atoms with van der Waals surface area (Å²) < 4.78 is 5.56. The van der Waals surface area contributed by atoms with Crippen LogP contribution >= 0.6 is 11.6 Å². The van der Waals surface area contributed by atoms with Gasteiger partial charge in [-0.15, -0.1) is 0 Å². The third kappa shape index (κ3) is 5.09. The summed E-state index contributed by atoms with van der Waals surface area (Å²) in [4.78, 5) is 10.7. The van der Waals surface area contributed by atoms with Gasteiger partial charge in [0.25, 0.3) is 0 Å². The van der Waals surface area contributed by atoms with Crippen LogP contribution in [0.5, 0.6) is 5.75 Å². The quantitative estimate of drug-likeness (QED) is 0.848. The SMILES string of the molecule is CC(C)C(COc1ccc(Cl)cc1)CC(=O)O. The van der Waals surface area contributed by atoms with Crippen molar-refractivity contribution in [3.8, 4) is 5.75 Å². The lowest BCUT2D eigenvalue weighted by molar-refractivity contribution is -0.138. The maximum Gasteiger partial charge on any atom is 0.303 e. The Labute approximate surface area is 106 Å². The van der Waals surface area contributed by atoms with Gasteiger partial charge in [-0.05, 0) is 30.2 Å². The van der Waals surface area contributed by atoms with Crippen LogP contribution in [0.1, 0.15) is 20.3 Å². The summed E-state index contributed by atoms with van der Waals surface area (Å²) in [6.07, 6.45) is 0.130. The number of halogens is 1. The Hall–Kier alpha value is -1.22. The van der Waals surface area contributed by atoms with Crippen molar-refractivity contribution in [2.24, 2.45) is 11.8 Å². The molecule has 0 saturated carbocycles. The number of ether oxygens (including phenoxy) is 1. The molecule has 94 valence electrons. The summed E-state index contributed by atoms with van der Waals surface area (Å²) >= 11 is 5.76.